The molecular formula is C21H38BN3O6. The maximum Gasteiger partial charge on any atom is 0.457 e. The van der Waals surface area contributed by atoms with Crippen LogP contribution in [0.3, 0.4) is 0 Å². The summed E-state index contributed by atoms with van der Waals surface area (Å²) in [6, 6.07) is 0. The molecule has 0 aromatic rings. The van der Waals surface area contributed by atoms with Gasteiger partial charge in [0.1, 0.15) is 5.54 Å². The van der Waals surface area contributed by atoms with Gasteiger partial charge in [-0.15, -0.1) is 0 Å². The third kappa shape index (κ3) is 6.19. The van der Waals surface area contributed by atoms with Crippen LogP contribution in [0.2, 0.25) is 6.32 Å². The van der Waals surface area contributed by atoms with Crippen molar-refractivity contribution in [2.45, 2.75) is 103 Å². The lowest BCUT2D eigenvalue weighted by molar-refractivity contribution is -0.489. The smallest absolute Gasteiger partial charge is 0.403 e. The van der Waals surface area contributed by atoms with Crippen molar-refractivity contribution in [2.24, 2.45) is 11.8 Å². The third-order valence-electron chi connectivity index (χ3n) is 6.69. The zero-order valence-electron chi connectivity index (χ0n) is 20.2. The summed E-state index contributed by atoms with van der Waals surface area (Å²) in [5.41, 5.74) is -2.53. The van der Waals surface area contributed by atoms with Crippen molar-refractivity contribution in [3.8, 4) is 0 Å². The maximum absolute atomic E-state index is 13.2. The molecule has 9 nitrogen and oxygen atoms in total. The lowest BCUT2D eigenvalue weighted by Gasteiger charge is -2.33. The van der Waals surface area contributed by atoms with E-state index in [1.54, 1.807) is 0 Å². The van der Waals surface area contributed by atoms with Gasteiger partial charge in [-0.3, -0.25) is 19.7 Å². The molecule has 176 valence electrons. The predicted molar refractivity (Wildman–Crippen MR) is 118 cm³/mol. The van der Waals surface area contributed by atoms with Gasteiger partial charge in [-0.05, 0) is 73.5 Å². The molecule has 0 aromatic heterocycles. The molecule has 1 heterocycles. The van der Waals surface area contributed by atoms with Gasteiger partial charge in [0, 0.05) is 23.3 Å². The van der Waals surface area contributed by atoms with E-state index in [2.05, 4.69) is 10.6 Å². The van der Waals surface area contributed by atoms with Crippen molar-refractivity contribution in [3.05, 3.63) is 10.1 Å². The van der Waals surface area contributed by atoms with Crippen molar-refractivity contribution >= 4 is 18.9 Å². The van der Waals surface area contributed by atoms with Crippen LogP contribution in [0.4, 0.5) is 0 Å². The molecule has 1 saturated heterocycles. The predicted octanol–water partition coefficient (Wildman–Crippen LogP) is 2.56. The van der Waals surface area contributed by atoms with Crippen LogP contribution in [0.1, 0.15) is 74.7 Å². The van der Waals surface area contributed by atoms with E-state index in [-0.39, 0.29) is 41.5 Å². The maximum atomic E-state index is 13.2. The zero-order valence-corrected chi connectivity index (χ0v) is 20.2. The van der Waals surface area contributed by atoms with E-state index >= 15 is 0 Å². The normalized spacial score (nSPS) is 29.6. The fraction of sp³-hybridized carbons (Fsp3) is 0.905. The summed E-state index contributed by atoms with van der Waals surface area (Å²) in [7, 11) is -0.402. The van der Waals surface area contributed by atoms with Crippen LogP contribution in [0.25, 0.3) is 0 Å². The van der Waals surface area contributed by atoms with Gasteiger partial charge >= 0.3 is 7.12 Å². The third-order valence-corrected chi connectivity index (χ3v) is 6.69. The van der Waals surface area contributed by atoms with E-state index in [1.807, 2.05) is 48.5 Å². The van der Waals surface area contributed by atoms with Gasteiger partial charge in [-0.1, -0.05) is 6.42 Å². The molecule has 0 aromatic carbocycles. The topological polar surface area (TPSA) is 120 Å². The Bertz CT molecular complexity index is 704. The van der Waals surface area contributed by atoms with E-state index < -0.39 is 29.4 Å². The first-order chi connectivity index (χ1) is 14.0. The molecule has 1 aliphatic heterocycles. The molecule has 2 aliphatic rings. The quantitative estimate of drug-likeness (QED) is 0.357. The number of nitrogens with zero attached hydrogens (tertiary/aromatic N) is 1. The highest BCUT2D eigenvalue weighted by Crippen LogP contribution is 2.44. The van der Waals surface area contributed by atoms with Crippen LogP contribution >= 0.6 is 0 Å². The fourth-order valence-electron chi connectivity index (χ4n) is 4.63. The first kappa shape index (κ1) is 25.6. The van der Waals surface area contributed by atoms with Crippen molar-refractivity contribution < 1.29 is 23.8 Å². The summed E-state index contributed by atoms with van der Waals surface area (Å²) in [5.74, 6) is -1.05. The molecule has 10 heteroatoms. The highest BCUT2D eigenvalue weighted by Gasteiger charge is 2.54. The van der Waals surface area contributed by atoms with Crippen LogP contribution in [-0.4, -0.2) is 52.7 Å². The molecule has 1 aliphatic carbocycles. The second kappa shape index (κ2) is 8.69. The van der Waals surface area contributed by atoms with Crippen LogP contribution in [-0.2, 0) is 18.9 Å². The standard InChI is InChI=1S/C21H38BN3O6/c1-14(26)23-21(17(27)24-18(2,3)4)11-15(16(12-21)13-25(28)29)9-10-22-30-19(5,6)20(7,8)31-22/h15-16H,9-13H2,1-8H3,(H,23,26)(H,24,27)/t15-,16+,21-/m0/s1. The average molecular weight is 439 g/mol. The van der Waals surface area contributed by atoms with E-state index in [0.717, 1.165) is 0 Å². The van der Waals surface area contributed by atoms with Crippen molar-refractivity contribution in [3.63, 3.8) is 0 Å². The molecule has 2 rings (SSSR count). The summed E-state index contributed by atoms with van der Waals surface area (Å²) in [4.78, 5) is 36.1. The molecule has 31 heavy (non-hydrogen) atoms. The van der Waals surface area contributed by atoms with Crippen LogP contribution in [0.15, 0.2) is 0 Å². The Kier molecular flexibility index (Phi) is 7.17. The highest BCUT2D eigenvalue weighted by atomic mass is 16.7. The van der Waals surface area contributed by atoms with E-state index in [4.69, 9.17) is 9.31 Å². The molecule has 0 spiro atoms. The summed E-state index contributed by atoms with van der Waals surface area (Å²) < 4.78 is 12.1. The monoisotopic (exact) mass is 439 g/mol. The van der Waals surface area contributed by atoms with E-state index in [1.165, 1.54) is 6.92 Å². The molecule has 0 unspecified atom stereocenters. The summed E-state index contributed by atoms with van der Waals surface area (Å²) >= 11 is 0. The minimum atomic E-state index is -1.15. The lowest BCUT2D eigenvalue weighted by Crippen LogP contribution is -2.60. The van der Waals surface area contributed by atoms with Gasteiger partial charge in [0.2, 0.25) is 18.4 Å². The molecule has 2 amide bonds. The Balaban J connectivity index is 2.19. The van der Waals surface area contributed by atoms with Crippen molar-refractivity contribution in [2.75, 3.05) is 6.54 Å². The first-order valence-corrected chi connectivity index (χ1v) is 11.1. The Morgan fingerprint density at radius 3 is 2.06 bits per heavy atom. The average Bonchev–Trinajstić information content (AvgIpc) is 2.97. The summed E-state index contributed by atoms with van der Waals surface area (Å²) in [5, 5.41) is 17.1. The van der Waals surface area contributed by atoms with Gasteiger partial charge in [-0.25, -0.2) is 0 Å². The SMILES string of the molecule is CC(=O)N[C@@]1(C(=O)NC(C)(C)C)C[C@H](CCB2OC(C)(C)C(C)(C)O2)[C@@H](C[N+](=O)[O-])C1. The largest absolute Gasteiger partial charge is 0.457 e. The van der Waals surface area contributed by atoms with Crippen molar-refractivity contribution in [1.29, 1.82) is 0 Å². The fourth-order valence-corrected chi connectivity index (χ4v) is 4.63. The molecular weight excluding hydrogens is 401 g/mol. The number of nitrogens with one attached hydrogen (secondary N) is 2. The molecule has 2 fully saturated rings. The highest BCUT2D eigenvalue weighted by molar-refractivity contribution is 6.45. The number of rotatable bonds is 7. The first-order valence-electron chi connectivity index (χ1n) is 11.1. The molecule has 1 saturated carbocycles. The van der Waals surface area contributed by atoms with Gasteiger partial charge < -0.3 is 19.9 Å². The number of carbonyl (C=O) groups excluding carboxylic acids is 2. The van der Waals surface area contributed by atoms with Gasteiger partial charge in [-0.2, -0.15) is 0 Å². The second-order valence-electron chi connectivity index (χ2n) is 11.2. The van der Waals surface area contributed by atoms with Gasteiger partial charge in [0.05, 0.1) is 11.2 Å². The Morgan fingerprint density at radius 1 is 1.10 bits per heavy atom. The van der Waals surface area contributed by atoms with Gasteiger partial charge in [0.15, 0.2) is 0 Å². The summed E-state index contributed by atoms with van der Waals surface area (Å²) in [6.45, 7) is 14.7. The number of amides is 2. The number of nitro groups is 1. The Labute approximate surface area is 185 Å². The minimum absolute atomic E-state index is 0.109. The molecule has 2 N–H and O–H groups in total. The second-order valence-corrected chi connectivity index (χ2v) is 11.2. The van der Waals surface area contributed by atoms with Crippen LogP contribution < -0.4 is 10.6 Å². The van der Waals surface area contributed by atoms with Gasteiger partial charge in [0.25, 0.3) is 0 Å². The molecule has 0 bridgehead atoms. The lowest BCUT2D eigenvalue weighted by atomic mass is 9.77. The summed E-state index contributed by atoms with van der Waals surface area (Å²) in [6.07, 6.45) is 1.78. The number of hydrogen-bond donors (Lipinski definition) is 2. The molecule has 3 atom stereocenters. The van der Waals surface area contributed by atoms with Crippen LogP contribution in [0.5, 0.6) is 0 Å². The van der Waals surface area contributed by atoms with E-state index in [9.17, 15) is 19.7 Å². The van der Waals surface area contributed by atoms with Crippen molar-refractivity contribution in [1.82, 2.24) is 10.6 Å². The molecule has 0 radical (unpaired) electrons. The van der Waals surface area contributed by atoms with Crippen LogP contribution in [0, 0.1) is 22.0 Å². The number of hydrogen-bond acceptors (Lipinski definition) is 6. The number of carbonyl (C=O) groups is 2. The minimum Gasteiger partial charge on any atom is -0.403 e. The Hall–Kier alpha value is -1.68. The Morgan fingerprint density at radius 2 is 1.61 bits per heavy atom. The zero-order chi connectivity index (χ0) is 23.8. The van der Waals surface area contributed by atoms with E-state index in [0.29, 0.717) is 19.2 Å².